The fourth-order valence-electron chi connectivity index (χ4n) is 2.01. The van der Waals surface area contributed by atoms with Crippen LogP contribution in [-0.2, 0) is 14.6 Å². The van der Waals surface area contributed by atoms with Crippen LogP contribution in [0.2, 0.25) is 0 Å². The Kier molecular flexibility index (Phi) is 3.35. The number of thioether (sulfide) groups is 1. The molecule has 0 bridgehead atoms. The summed E-state index contributed by atoms with van der Waals surface area (Å²) in [6.07, 6.45) is 0. The molecule has 3 rings (SSSR count). The maximum Gasteiger partial charge on any atom is 0.253 e. The summed E-state index contributed by atoms with van der Waals surface area (Å²) in [6, 6.07) is 9.99. The number of aromatic amines is 1. The van der Waals surface area contributed by atoms with E-state index in [1.165, 1.54) is 11.8 Å². The highest BCUT2D eigenvalue weighted by Gasteiger charge is 2.41. The van der Waals surface area contributed by atoms with Crippen LogP contribution in [0.4, 0.5) is 0 Å². The third kappa shape index (κ3) is 2.41. The average molecular weight is 276 g/mol. The molecule has 1 aliphatic heterocycles. The number of aryl methyl sites for hydroxylation is 2. The molecule has 5 heteroatoms. The Morgan fingerprint density at radius 3 is 2.42 bits per heavy atom. The van der Waals surface area contributed by atoms with Crippen molar-refractivity contribution in [1.82, 2.24) is 9.97 Å². The van der Waals surface area contributed by atoms with Gasteiger partial charge in [-0.15, -0.1) is 0 Å². The van der Waals surface area contributed by atoms with Crippen molar-refractivity contribution in [3.05, 3.63) is 47.3 Å². The molecule has 2 aromatic rings. The van der Waals surface area contributed by atoms with E-state index in [0.29, 0.717) is 13.2 Å². The van der Waals surface area contributed by atoms with Gasteiger partial charge in [0.2, 0.25) is 0 Å². The average Bonchev–Trinajstić information content (AvgIpc) is 3.00. The van der Waals surface area contributed by atoms with E-state index in [2.05, 4.69) is 9.97 Å². The molecule has 0 spiro atoms. The Balaban J connectivity index is 1.93. The van der Waals surface area contributed by atoms with E-state index < -0.39 is 5.12 Å². The SMILES string of the molecule is Cc1nc(SC2(c3ccccc3)OCCO2)[nH]c1C. The molecular weight excluding hydrogens is 260 g/mol. The van der Waals surface area contributed by atoms with Gasteiger partial charge in [0.15, 0.2) is 5.16 Å². The summed E-state index contributed by atoms with van der Waals surface area (Å²) in [5, 5.41) is 0.0404. The first-order chi connectivity index (χ1) is 9.20. The maximum atomic E-state index is 5.86. The molecule has 0 saturated carbocycles. The fourth-order valence-corrected chi connectivity index (χ4v) is 3.19. The Labute approximate surface area is 116 Å². The molecule has 1 N–H and O–H groups in total. The van der Waals surface area contributed by atoms with E-state index in [4.69, 9.17) is 9.47 Å². The molecule has 0 amide bonds. The first kappa shape index (κ1) is 12.7. The molecule has 0 unspecified atom stereocenters. The van der Waals surface area contributed by atoms with Gasteiger partial charge in [0.1, 0.15) is 0 Å². The molecule has 0 atom stereocenters. The lowest BCUT2D eigenvalue weighted by Gasteiger charge is -2.25. The van der Waals surface area contributed by atoms with Gasteiger partial charge < -0.3 is 14.5 Å². The molecule has 19 heavy (non-hydrogen) atoms. The second kappa shape index (κ2) is 5.00. The van der Waals surface area contributed by atoms with Crippen molar-refractivity contribution < 1.29 is 9.47 Å². The maximum absolute atomic E-state index is 5.86. The lowest BCUT2D eigenvalue weighted by molar-refractivity contribution is -0.0817. The van der Waals surface area contributed by atoms with Crippen LogP contribution in [-0.4, -0.2) is 23.2 Å². The number of hydrogen-bond acceptors (Lipinski definition) is 4. The number of nitrogens with zero attached hydrogens (tertiary/aromatic N) is 1. The van der Waals surface area contributed by atoms with Crippen LogP contribution in [0.15, 0.2) is 35.5 Å². The lowest BCUT2D eigenvalue weighted by atomic mass is 10.2. The van der Waals surface area contributed by atoms with E-state index in [0.717, 1.165) is 22.1 Å². The summed E-state index contributed by atoms with van der Waals surface area (Å²) in [7, 11) is 0. The number of hydrogen-bond donors (Lipinski definition) is 1. The van der Waals surface area contributed by atoms with Gasteiger partial charge in [-0.3, -0.25) is 0 Å². The molecule has 1 aliphatic rings. The van der Waals surface area contributed by atoms with E-state index in [-0.39, 0.29) is 0 Å². The van der Waals surface area contributed by atoms with Gasteiger partial charge in [-0.2, -0.15) is 0 Å². The molecule has 4 nitrogen and oxygen atoms in total. The Morgan fingerprint density at radius 1 is 1.16 bits per heavy atom. The van der Waals surface area contributed by atoms with Crippen LogP contribution < -0.4 is 0 Å². The van der Waals surface area contributed by atoms with Crippen molar-refractivity contribution in [1.29, 1.82) is 0 Å². The monoisotopic (exact) mass is 276 g/mol. The van der Waals surface area contributed by atoms with Crippen molar-refractivity contribution in [3.63, 3.8) is 0 Å². The Bertz CT molecular complexity index is 543. The van der Waals surface area contributed by atoms with Gasteiger partial charge >= 0.3 is 0 Å². The zero-order valence-corrected chi connectivity index (χ0v) is 11.8. The zero-order valence-electron chi connectivity index (χ0n) is 11.0. The van der Waals surface area contributed by atoms with Crippen LogP contribution >= 0.6 is 11.8 Å². The molecular formula is C14H16N2O2S. The van der Waals surface area contributed by atoms with Gasteiger partial charge in [0.25, 0.3) is 5.12 Å². The Hall–Kier alpha value is -1.30. The van der Waals surface area contributed by atoms with Crippen LogP contribution in [0.25, 0.3) is 0 Å². The summed E-state index contributed by atoms with van der Waals surface area (Å²) in [5.41, 5.74) is 3.08. The quantitative estimate of drug-likeness (QED) is 0.936. The van der Waals surface area contributed by atoms with Gasteiger partial charge in [-0.05, 0) is 25.6 Å². The fraction of sp³-hybridized carbons (Fsp3) is 0.357. The van der Waals surface area contributed by atoms with Crippen molar-refractivity contribution in [3.8, 4) is 0 Å². The Morgan fingerprint density at radius 2 is 1.84 bits per heavy atom. The normalized spacial score (nSPS) is 17.8. The molecule has 1 aromatic heterocycles. The van der Waals surface area contributed by atoms with Crippen LogP contribution in [0.1, 0.15) is 17.0 Å². The third-order valence-electron chi connectivity index (χ3n) is 3.13. The molecule has 1 aromatic carbocycles. The van der Waals surface area contributed by atoms with Gasteiger partial charge in [-0.25, -0.2) is 4.98 Å². The van der Waals surface area contributed by atoms with Crippen LogP contribution in [0, 0.1) is 13.8 Å². The van der Waals surface area contributed by atoms with Crippen LogP contribution in [0.5, 0.6) is 0 Å². The third-order valence-corrected chi connectivity index (χ3v) is 4.26. The topological polar surface area (TPSA) is 47.1 Å². The van der Waals surface area contributed by atoms with Gasteiger partial charge in [0, 0.05) is 11.3 Å². The summed E-state index contributed by atoms with van der Waals surface area (Å²) in [4.78, 5) is 7.75. The van der Waals surface area contributed by atoms with Crippen molar-refractivity contribution in [2.45, 2.75) is 24.1 Å². The van der Waals surface area contributed by atoms with Crippen molar-refractivity contribution >= 4 is 11.8 Å². The summed E-state index contributed by atoms with van der Waals surface area (Å²) in [5.74, 6) is 0. The highest BCUT2D eigenvalue weighted by atomic mass is 32.2. The molecule has 1 saturated heterocycles. The second-order valence-corrected chi connectivity index (χ2v) is 5.60. The largest absolute Gasteiger partial charge is 0.337 e. The number of ether oxygens (including phenoxy) is 2. The number of imidazole rings is 1. The molecule has 2 heterocycles. The standard InChI is InChI=1S/C14H16N2O2S/c1-10-11(2)16-13(15-10)19-14(17-8-9-18-14)12-6-4-3-5-7-12/h3-7H,8-9H2,1-2H3,(H,15,16). The first-order valence-corrected chi connectivity index (χ1v) is 7.07. The number of nitrogens with one attached hydrogen (secondary N) is 1. The predicted molar refractivity (Wildman–Crippen MR) is 73.9 cm³/mol. The molecule has 0 radical (unpaired) electrons. The van der Waals surface area contributed by atoms with Gasteiger partial charge in [-0.1, -0.05) is 30.3 Å². The number of benzene rings is 1. The minimum atomic E-state index is -0.780. The molecule has 0 aliphatic carbocycles. The van der Waals surface area contributed by atoms with E-state index in [1.54, 1.807) is 0 Å². The lowest BCUT2D eigenvalue weighted by Crippen LogP contribution is -2.22. The highest BCUT2D eigenvalue weighted by molar-refractivity contribution is 7.99. The number of rotatable bonds is 3. The summed E-state index contributed by atoms with van der Waals surface area (Å²) in [6.45, 7) is 5.19. The second-order valence-electron chi connectivity index (χ2n) is 4.47. The minimum Gasteiger partial charge on any atom is -0.337 e. The van der Waals surface area contributed by atoms with Crippen molar-refractivity contribution in [2.24, 2.45) is 0 Å². The van der Waals surface area contributed by atoms with Crippen molar-refractivity contribution in [2.75, 3.05) is 13.2 Å². The first-order valence-electron chi connectivity index (χ1n) is 6.25. The molecule has 1 fully saturated rings. The van der Waals surface area contributed by atoms with E-state index in [1.807, 2.05) is 44.2 Å². The molecule has 100 valence electrons. The van der Waals surface area contributed by atoms with E-state index in [9.17, 15) is 0 Å². The minimum absolute atomic E-state index is 0.598. The number of aromatic nitrogens is 2. The van der Waals surface area contributed by atoms with Gasteiger partial charge in [0.05, 0.1) is 18.9 Å². The number of H-pyrrole nitrogens is 1. The zero-order chi connectivity index (χ0) is 13.3. The van der Waals surface area contributed by atoms with E-state index >= 15 is 0 Å². The summed E-state index contributed by atoms with van der Waals surface area (Å²) < 4.78 is 11.7. The smallest absolute Gasteiger partial charge is 0.253 e. The predicted octanol–water partition coefficient (Wildman–Crippen LogP) is 2.98. The summed E-state index contributed by atoms with van der Waals surface area (Å²) >= 11 is 1.48. The highest BCUT2D eigenvalue weighted by Crippen LogP contribution is 2.45. The van der Waals surface area contributed by atoms with Crippen LogP contribution in [0.3, 0.4) is 0 Å².